The highest BCUT2D eigenvalue weighted by atomic mass is 16.5. The SMILES string of the molecule is CCOc1cncc(N2CCCCC2CNC2CC2)n1. The van der Waals surface area contributed by atoms with Crippen LogP contribution in [0.5, 0.6) is 5.88 Å². The lowest BCUT2D eigenvalue weighted by Crippen LogP contribution is -2.46. The van der Waals surface area contributed by atoms with Crippen molar-refractivity contribution in [2.75, 3.05) is 24.6 Å². The van der Waals surface area contributed by atoms with Crippen LogP contribution < -0.4 is 15.0 Å². The smallest absolute Gasteiger partial charge is 0.234 e. The Kier molecular flexibility index (Phi) is 4.35. The van der Waals surface area contributed by atoms with E-state index in [-0.39, 0.29) is 0 Å². The molecule has 20 heavy (non-hydrogen) atoms. The van der Waals surface area contributed by atoms with Gasteiger partial charge in [0.2, 0.25) is 5.88 Å². The molecule has 1 saturated carbocycles. The number of nitrogens with one attached hydrogen (secondary N) is 1. The Morgan fingerprint density at radius 1 is 1.30 bits per heavy atom. The van der Waals surface area contributed by atoms with Crippen molar-refractivity contribution in [1.82, 2.24) is 15.3 Å². The van der Waals surface area contributed by atoms with Crippen molar-refractivity contribution < 1.29 is 4.74 Å². The first-order valence-corrected chi connectivity index (χ1v) is 7.81. The third-order valence-corrected chi connectivity index (χ3v) is 4.03. The molecule has 2 fully saturated rings. The first-order valence-electron chi connectivity index (χ1n) is 7.81. The van der Waals surface area contributed by atoms with Crippen LogP contribution in [0.15, 0.2) is 12.4 Å². The van der Waals surface area contributed by atoms with Crippen molar-refractivity contribution in [3.63, 3.8) is 0 Å². The van der Waals surface area contributed by atoms with E-state index in [9.17, 15) is 0 Å². The predicted molar refractivity (Wildman–Crippen MR) is 79.2 cm³/mol. The summed E-state index contributed by atoms with van der Waals surface area (Å²) in [6.07, 6.45) is 10.0. The zero-order chi connectivity index (χ0) is 13.8. The van der Waals surface area contributed by atoms with Crippen molar-refractivity contribution in [3.8, 4) is 5.88 Å². The fourth-order valence-electron chi connectivity index (χ4n) is 2.80. The van der Waals surface area contributed by atoms with Crippen LogP contribution in [0.1, 0.15) is 39.0 Å². The summed E-state index contributed by atoms with van der Waals surface area (Å²) in [6.45, 7) is 4.73. The molecule has 1 aromatic rings. The first kappa shape index (κ1) is 13.6. The molecule has 2 heterocycles. The van der Waals surface area contributed by atoms with Gasteiger partial charge in [0.05, 0.1) is 19.0 Å². The maximum absolute atomic E-state index is 5.46. The highest BCUT2D eigenvalue weighted by molar-refractivity contribution is 5.39. The predicted octanol–water partition coefficient (Wildman–Crippen LogP) is 1.99. The molecule has 1 aromatic heterocycles. The van der Waals surface area contributed by atoms with Crippen LogP contribution >= 0.6 is 0 Å². The lowest BCUT2D eigenvalue weighted by atomic mass is 10.0. The van der Waals surface area contributed by atoms with Gasteiger partial charge in [0.25, 0.3) is 0 Å². The number of hydrogen-bond donors (Lipinski definition) is 1. The van der Waals surface area contributed by atoms with Gasteiger partial charge in [-0.3, -0.25) is 4.98 Å². The highest BCUT2D eigenvalue weighted by Crippen LogP contribution is 2.25. The summed E-state index contributed by atoms with van der Waals surface area (Å²) in [5, 5.41) is 3.64. The minimum atomic E-state index is 0.538. The second-order valence-electron chi connectivity index (χ2n) is 5.67. The highest BCUT2D eigenvalue weighted by Gasteiger charge is 2.27. The molecule has 1 unspecified atom stereocenters. The van der Waals surface area contributed by atoms with Crippen LogP contribution in [0.2, 0.25) is 0 Å². The molecule has 1 aliphatic heterocycles. The molecule has 5 nitrogen and oxygen atoms in total. The van der Waals surface area contributed by atoms with Gasteiger partial charge >= 0.3 is 0 Å². The van der Waals surface area contributed by atoms with Crippen molar-refractivity contribution in [1.29, 1.82) is 0 Å². The third kappa shape index (κ3) is 3.39. The molecule has 0 spiro atoms. The Morgan fingerprint density at radius 3 is 3.00 bits per heavy atom. The van der Waals surface area contributed by atoms with E-state index in [0.717, 1.165) is 24.9 Å². The van der Waals surface area contributed by atoms with Gasteiger partial charge in [0.1, 0.15) is 0 Å². The number of anilines is 1. The molecule has 3 rings (SSSR count). The Morgan fingerprint density at radius 2 is 2.20 bits per heavy atom. The van der Waals surface area contributed by atoms with Gasteiger partial charge in [-0.05, 0) is 39.0 Å². The van der Waals surface area contributed by atoms with Crippen molar-refractivity contribution in [3.05, 3.63) is 12.4 Å². The molecule has 5 heteroatoms. The molecule has 0 amide bonds. The average Bonchev–Trinajstić information content (AvgIpc) is 3.30. The van der Waals surface area contributed by atoms with Gasteiger partial charge in [-0.1, -0.05) is 0 Å². The summed E-state index contributed by atoms with van der Waals surface area (Å²) in [4.78, 5) is 11.3. The summed E-state index contributed by atoms with van der Waals surface area (Å²) in [5.41, 5.74) is 0. The van der Waals surface area contributed by atoms with Gasteiger partial charge < -0.3 is 15.0 Å². The average molecular weight is 276 g/mol. The number of ether oxygens (including phenoxy) is 1. The molecule has 0 bridgehead atoms. The third-order valence-electron chi connectivity index (χ3n) is 4.03. The van der Waals surface area contributed by atoms with Gasteiger partial charge in [0.15, 0.2) is 5.82 Å². The Hall–Kier alpha value is -1.36. The fraction of sp³-hybridized carbons (Fsp3) is 0.733. The second-order valence-corrected chi connectivity index (χ2v) is 5.67. The lowest BCUT2D eigenvalue weighted by Gasteiger charge is -2.36. The minimum Gasteiger partial charge on any atom is -0.477 e. The number of nitrogens with zero attached hydrogens (tertiary/aromatic N) is 3. The van der Waals surface area contributed by atoms with E-state index in [4.69, 9.17) is 4.74 Å². The number of hydrogen-bond acceptors (Lipinski definition) is 5. The minimum absolute atomic E-state index is 0.538. The number of aromatic nitrogens is 2. The van der Waals surface area contributed by atoms with Crippen molar-refractivity contribution >= 4 is 5.82 Å². The Labute approximate surface area is 120 Å². The zero-order valence-corrected chi connectivity index (χ0v) is 12.2. The maximum atomic E-state index is 5.46. The van der Waals surface area contributed by atoms with E-state index >= 15 is 0 Å². The Bertz CT molecular complexity index is 436. The summed E-state index contributed by atoms with van der Waals surface area (Å²) >= 11 is 0. The van der Waals surface area contributed by atoms with Crippen LogP contribution in [0.4, 0.5) is 5.82 Å². The topological polar surface area (TPSA) is 50.3 Å². The quantitative estimate of drug-likeness (QED) is 0.861. The van der Waals surface area contributed by atoms with E-state index < -0.39 is 0 Å². The standard InChI is InChI=1S/C15H24N4O/c1-2-20-15-11-16-10-14(18-15)19-8-4-3-5-13(19)9-17-12-6-7-12/h10-13,17H,2-9H2,1H3. The monoisotopic (exact) mass is 276 g/mol. The maximum Gasteiger partial charge on any atom is 0.234 e. The molecular weight excluding hydrogens is 252 g/mol. The van der Waals surface area contributed by atoms with Crippen LogP contribution in [-0.4, -0.2) is 41.7 Å². The molecule has 110 valence electrons. The van der Waals surface area contributed by atoms with Crippen LogP contribution in [-0.2, 0) is 0 Å². The van der Waals surface area contributed by atoms with E-state index in [0.29, 0.717) is 18.5 Å². The fourth-order valence-corrected chi connectivity index (χ4v) is 2.80. The van der Waals surface area contributed by atoms with Crippen LogP contribution in [0.25, 0.3) is 0 Å². The summed E-state index contributed by atoms with van der Waals surface area (Å²) in [7, 11) is 0. The van der Waals surface area contributed by atoms with Crippen molar-refractivity contribution in [2.45, 2.75) is 51.1 Å². The zero-order valence-electron chi connectivity index (χ0n) is 12.2. The lowest BCUT2D eigenvalue weighted by molar-refractivity contribution is 0.324. The molecule has 2 aliphatic rings. The van der Waals surface area contributed by atoms with Gasteiger partial charge in [-0.2, -0.15) is 4.98 Å². The van der Waals surface area contributed by atoms with E-state index in [2.05, 4.69) is 20.2 Å². The summed E-state index contributed by atoms with van der Waals surface area (Å²) in [5.74, 6) is 1.59. The van der Waals surface area contributed by atoms with Gasteiger partial charge in [0, 0.05) is 25.2 Å². The first-order chi connectivity index (χ1) is 9.86. The second kappa shape index (κ2) is 6.39. The van der Waals surface area contributed by atoms with Gasteiger partial charge in [-0.25, -0.2) is 0 Å². The number of piperidine rings is 1. The number of rotatable bonds is 6. The summed E-state index contributed by atoms with van der Waals surface area (Å²) < 4.78 is 5.46. The molecular formula is C15H24N4O. The largest absolute Gasteiger partial charge is 0.477 e. The summed E-state index contributed by atoms with van der Waals surface area (Å²) in [6, 6.07) is 1.30. The van der Waals surface area contributed by atoms with E-state index in [1.807, 2.05) is 13.1 Å². The molecule has 0 radical (unpaired) electrons. The van der Waals surface area contributed by atoms with Crippen LogP contribution in [0.3, 0.4) is 0 Å². The molecule has 0 aromatic carbocycles. The van der Waals surface area contributed by atoms with Crippen molar-refractivity contribution in [2.24, 2.45) is 0 Å². The molecule has 1 atom stereocenters. The van der Waals surface area contributed by atoms with E-state index in [1.54, 1.807) is 6.20 Å². The molecule has 1 saturated heterocycles. The Balaban J connectivity index is 1.68. The normalized spacial score (nSPS) is 22.9. The van der Waals surface area contributed by atoms with Crippen LogP contribution in [0, 0.1) is 0 Å². The molecule has 1 N–H and O–H groups in total. The molecule has 1 aliphatic carbocycles. The van der Waals surface area contributed by atoms with E-state index in [1.165, 1.54) is 32.1 Å². The van der Waals surface area contributed by atoms with Gasteiger partial charge in [-0.15, -0.1) is 0 Å².